The van der Waals surface area contributed by atoms with Crippen molar-refractivity contribution in [1.82, 2.24) is 4.98 Å². The molecule has 0 radical (unpaired) electrons. The fraction of sp³-hybridized carbons (Fsp3) is 0.0667. The first-order chi connectivity index (χ1) is 17.2. The third-order valence-electron chi connectivity index (χ3n) is 5.46. The van der Waals surface area contributed by atoms with Crippen molar-refractivity contribution in [2.45, 2.75) is 0 Å². The Labute approximate surface area is 205 Å². The van der Waals surface area contributed by atoms with Gasteiger partial charge >= 0.3 is 0 Å². The molecule has 0 aliphatic rings. The van der Waals surface area contributed by atoms with Crippen molar-refractivity contribution >= 4 is 17.2 Å². The van der Waals surface area contributed by atoms with Crippen LogP contribution in [0.4, 0.5) is 5.69 Å². The Balaban J connectivity index is 1.50. The fourth-order valence-electron chi connectivity index (χ4n) is 3.60. The minimum Gasteiger partial charge on any atom is -0.497 e. The Bertz CT molecular complexity index is 1260. The zero-order valence-corrected chi connectivity index (χ0v) is 19.6. The first kappa shape index (κ1) is 23.5. The second-order valence-electron chi connectivity index (χ2n) is 7.70. The van der Waals surface area contributed by atoms with Gasteiger partial charge in [-0.2, -0.15) is 0 Å². The molecule has 0 atom stereocenters. The Morgan fingerprint density at radius 1 is 0.771 bits per heavy atom. The maximum atomic E-state index is 12.5. The van der Waals surface area contributed by atoms with Crippen molar-refractivity contribution in [1.29, 1.82) is 0 Å². The Hall–Kier alpha value is -4.64. The van der Waals surface area contributed by atoms with Crippen molar-refractivity contribution in [3.05, 3.63) is 127 Å². The number of hydrogen-bond donors (Lipinski definition) is 1. The SMILES string of the molecule is COc1ccc(C(=C/C=C/C(=O)Nc2ccc(-c3cccnc3)cc2)c2ccc(OC)cc2)cc1. The normalized spacial score (nSPS) is 10.6. The quantitative estimate of drug-likeness (QED) is 0.243. The number of nitrogens with zero attached hydrogens (tertiary/aromatic N) is 1. The van der Waals surface area contributed by atoms with Crippen LogP contribution >= 0.6 is 0 Å². The van der Waals surface area contributed by atoms with Crippen LogP contribution in [-0.4, -0.2) is 25.1 Å². The molecule has 0 aliphatic heterocycles. The van der Waals surface area contributed by atoms with Crippen molar-refractivity contribution < 1.29 is 14.3 Å². The molecular weight excluding hydrogens is 436 g/mol. The molecule has 0 bridgehead atoms. The van der Waals surface area contributed by atoms with E-state index in [0.717, 1.165) is 45.0 Å². The molecule has 1 N–H and O–H groups in total. The molecule has 174 valence electrons. The highest BCUT2D eigenvalue weighted by atomic mass is 16.5. The highest BCUT2D eigenvalue weighted by molar-refractivity contribution is 5.99. The number of benzene rings is 3. The molecule has 4 aromatic rings. The van der Waals surface area contributed by atoms with Crippen molar-refractivity contribution in [3.8, 4) is 22.6 Å². The summed E-state index contributed by atoms with van der Waals surface area (Å²) in [6.07, 6.45) is 8.75. The molecule has 0 fully saturated rings. The molecule has 0 saturated heterocycles. The lowest BCUT2D eigenvalue weighted by molar-refractivity contribution is -0.111. The van der Waals surface area contributed by atoms with Crippen LogP contribution in [0.2, 0.25) is 0 Å². The standard InChI is InChI=1S/C30H26N2O3/c1-34-27-16-10-23(11-17-27)29(24-12-18-28(35-2)19-13-24)6-3-7-30(33)32-26-14-8-22(9-15-26)25-5-4-20-31-21-25/h3-21H,1-2H3,(H,32,33)/b7-3+. The van der Waals surface area contributed by atoms with Gasteiger partial charge in [0.15, 0.2) is 0 Å². The maximum absolute atomic E-state index is 12.5. The number of allylic oxidation sites excluding steroid dienone is 2. The molecule has 5 heteroatoms. The van der Waals surface area contributed by atoms with Crippen LogP contribution in [0.1, 0.15) is 11.1 Å². The summed E-state index contributed by atoms with van der Waals surface area (Å²) in [6, 6.07) is 27.2. The average Bonchev–Trinajstić information content (AvgIpc) is 2.92. The topological polar surface area (TPSA) is 60.5 Å². The first-order valence-corrected chi connectivity index (χ1v) is 11.1. The number of carbonyl (C=O) groups is 1. The average molecular weight is 463 g/mol. The first-order valence-electron chi connectivity index (χ1n) is 11.1. The van der Waals surface area contributed by atoms with Gasteiger partial charge in [0.2, 0.25) is 5.91 Å². The summed E-state index contributed by atoms with van der Waals surface area (Å²) in [7, 11) is 3.28. The number of nitrogens with one attached hydrogen (secondary N) is 1. The van der Waals surface area contributed by atoms with Crippen LogP contribution < -0.4 is 14.8 Å². The smallest absolute Gasteiger partial charge is 0.248 e. The van der Waals surface area contributed by atoms with Gasteiger partial charge in [0.05, 0.1) is 14.2 Å². The van der Waals surface area contributed by atoms with Gasteiger partial charge in [-0.1, -0.05) is 54.6 Å². The Morgan fingerprint density at radius 2 is 1.37 bits per heavy atom. The third-order valence-corrected chi connectivity index (χ3v) is 5.46. The minimum absolute atomic E-state index is 0.209. The lowest BCUT2D eigenvalue weighted by Crippen LogP contribution is -2.07. The number of hydrogen-bond acceptors (Lipinski definition) is 4. The molecule has 1 amide bonds. The second-order valence-corrected chi connectivity index (χ2v) is 7.70. The van der Waals surface area contributed by atoms with E-state index < -0.39 is 0 Å². The maximum Gasteiger partial charge on any atom is 0.248 e. The zero-order valence-electron chi connectivity index (χ0n) is 19.6. The predicted octanol–water partition coefficient (Wildman–Crippen LogP) is 6.39. The summed E-state index contributed by atoms with van der Waals surface area (Å²) < 4.78 is 10.6. The van der Waals surface area contributed by atoms with Gasteiger partial charge in [0, 0.05) is 24.2 Å². The van der Waals surface area contributed by atoms with Crippen molar-refractivity contribution in [3.63, 3.8) is 0 Å². The van der Waals surface area contributed by atoms with Crippen LogP contribution in [-0.2, 0) is 4.79 Å². The van der Waals surface area contributed by atoms with Crippen LogP contribution in [0.15, 0.2) is 116 Å². The van der Waals surface area contributed by atoms with Gasteiger partial charge in [-0.25, -0.2) is 0 Å². The predicted molar refractivity (Wildman–Crippen MR) is 141 cm³/mol. The number of rotatable bonds is 8. The number of aromatic nitrogens is 1. The van der Waals surface area contributed by atoms with E-state index in [2.05, 4.69) is 10.3 Å². The number of pyridine rings is 1. The molecule has 0 spiro atoms. The molecule has 35 heavy (non-hydrogen) atoms. The highest BCUT2D eigenvalue weighted by Crippen LogP contribution is 2.27. The van der Waals surface area contributed by atoms with E-state index in [0.29, 0.717) is 0 Å². The van der Waals surface area contributed by atoms with Crippen LogP contribution in [0.25, 0.3) is 16.7 Å². The minimum atomic E-state index is -0.209. The largest absolute Gasteiger partial charge is 0.497 e. The van der Waals surface area contributed by atoms with Crippen molar-refractivity contribution in [2.75, 3.05) is 19.5 Å². The lowest BCUT2D eigenvalue weighted by atomic mass is 9.97. The van der Waals surface area contributed by atoms with Gasteiger partial charge in [0.25, 0.3) is 0 Å². The summed E-state index contributed by atoms with van der Waals surface area (Å²) in [6.45, 7) is 0. The van der Waals surface area contributed by atoms with Crippen LogP contribution in [0, 0.1) is 0 Å². The van der Waals surface area contributed by atoms with E-state index in [-0.39, 0.29) is 5.91 Å². The summed E-state index contributed by atoms with van der Waals surface area (Å²) in [5.74, 6) is 1.36. The summed E-state index contributed by atoms with van der Waals surface area (Å²) in [5, 5.41) is 2.90. The molecule has 0 unspecified atom stereocenters. The summed E-state index contributed by atoms with van der Waals surface area (Å²) in [5.41, 5.74) is 5.78. The van der Waals surface area contributed by atoms with Gasteiger partial charge in [0.1, 0.15) is 11.5 Å². The molecular formula is C30H26N2O3. The molecule has 5 nitrogen and oxygen atoms in total. The van der Waals surface area contributed by atoms with E-state index in [9.17, 15) is 4.79 Å². The van der Waals surface area contributed by atoms with Gasteiger partial charge in [-0.05, 0) is 70.3 Å². The number of amides is 1. The molecule has 0 aliphatic carbocycles. The van der Waals surface area contributed by atoms with E-state index in [1.54, 1.807) is 26.5 Å². The number of carbonyl (C=O) groups excluding carboxylic acids is 1. The number of methoxy groups -OCH3 is 2. The van der Waals surface area contributed by atoms with E-state index in [1.165, 1.54) is 6.08 Å². The van der Waals surface area contributed by atoms with Crippen LogP contribution in [0.5, 0.6) is 11.5 Å². The summed E-state index contributed by atoms with van der Waals surface area (Å²) >= 11 is 0. The number of ether oxygens (including phenoxy) is 2. The monoisotopic (exact) mass is 462 g/mol. The van der Waals surface area contributed by atoms with E-state index >= 15 is 0 Å². The van der Waals surface area contributed by atoms with Crippen molar-refractivity contribution in [2.24, 2.45) is 0 Å². The van der Waals surface area contributed by atoms with E-state index in [4.69, 9.17) is 9.47 Å². The van der Waals surface area contributed by atoms with Gasteiger partial charge < -0.3 is 14.8 Å². The molecule has 3 aromatic carbocycles. The molecule has 0 saturated carbocycles. The van der Waals surface area contributed by atoms with E-state index in [1.807, 2.05) is 97.2 Å². The fourth-order valence-corrected chi connectivity index (χ4v) is 3.60. The highest BCUT2D eigenvalue weighted by Gasteiger charge is 2.06. The van der Waals surface area contributed by atoms with Crippen LogP contribution in [0.3, 0.4) is 0 Å². The second kappa shape index (κ2) is 11.5. The number of anilines is 1. The Morgan fingerprint density at radius 3 is 1.89 bits per heavy atom. The molecule has 4 rings (SSSR count). The lowest BCUT2D eigenvalue weighted by Gasteiger charge is -2.10. The molecule has 1 heterocycles. The van der Waals surface area contributed by atoms with Gasteiger partial charge in [-0.15, -0.1) is 0 Å². The van der Waals surface area contributed by atoms with Gasteiger partial charge in [-0.3, -0.25) is 9.78 Å². The molecule has 1 aromatic heterocycles. The Kier molecular flexibility index (Phi) is 7.71. The third kappa shape index (κ3) is 6.24. The zero-order chi connectivity index (χ0) is 24.5. The summed E-state index contributed by atoms with van der Waals surface area (Å²) in [4.78, 5) is 16.7.